The van der Waals surface area contributed by atoms with E-state index in [-0.39, 0.29) is 5.78 Å². The van der Waals surface area contributed by atoms with Crippen LogP contribution in [0.5, 0.6) is 0 Å². The molecule has 2 N–H and O–H groups in total. The summed E-state index contributed by atoms with van der Waals surface area (Å²) in [5.41, 5.74) is 5.28. The maximum absolute atomic E-state index is 10.9. The van der Waals surface area contributed by atoms with Gasteiger partial charge in [-0.2, -0.15) is 0 Å². The van der Waals surface area contributed by atoms with Crippen molar-refractivity contribution in [2.45, 2.75) is 19.3 Å². The molecule has 0 aromatic heterocycles. The molecule has 60 valence electrons. The van der Waals surface area contributed by atoms with E-state index in [0.717, 1.165) is 0 Å². The lowest BCUT2D eigenvalue weighted by atomic mass is 10.2. The molecule has 0 aromatic rings. The van der Waals surface area contributed by atoms with Crippen LogP contribution in [0.25, 0.3) is 0 Å². The first-order valence-electron chi connectivity index (χ1n) is 2.98. The number of ether oxygens (including phenoxy) is 2. The van der Waals surface area contributed by atoms with Crippen molar-refractivity contribution in [3.05, 3.63) is 0 Å². The second-order valence-electron chi connectivity index (χ2n) is 1.99. The molecule has 0 aliphatic rings. The fraction of sp³-hybridized carbons (Fsp3) is 0.833. The summed E-state index contributed by atoms with van der Waals surface area (Å²) in [6.07, 6.45) is -0.819. The van der Waals surface area contributed by atoms with Gasteiger partial charge >= 0.3 is 0 Å². The van der Waals surface area contributed by atoms with Gasteiger partial charge in [0.2, 0.25) is 12.1 Å². The van der Waals surface area contributed by atoms with Crippen molar-refractivity contribution in [1.29, 1.82) is 0 Å². The molecule has 0 spiro atoms. The van der Waals surface area contributed by atoms with Gasteiger partial charge in [-0.05, 0) is 6.92 Å². The first-order valence-corrected chi connectivity index (χ1v) is 2.98. The molecule has 10 heavy (non-hydrogen) atoms. The van der Waals surface area contributed by atoms with E-state index < -0.39 is 12.3 Å². The van der Waals surface area contributed by atoms with Crippen molar-refractivity contribution in [3.63, 3.8) is 0 Å². The molecule has 1 atom stereocenters. The molecule has 0 amide bonds. The third-order valence-electron chi connectivity index (χ3n) is 1.11. The lowest BCUT2D eigenvalue weighted by Gasteiger charge is -2.13. The first kappa shape index (κ1) is 9.55. The molecule has 0 rings (SSSR count). The minimum Gasteiger partial charge on any atom is -0.349 e. The Morgan fingerprint density at radius 3 is 1.90 bits per heavy atom. The molecule has 0 heterocycles. The predicted octanol–water partition coefficient (Wildman–Crippen LogP) is -0.478. The van der Waals surface area contributed by atoms with E-state index in [9.17, 15) is 4.79 Å². The number of rotatable bonds is 4. The zero-order valence-electron chi connectivity index (χ0n) is 6.46. The molecule has 0 saturated heterocycles. The summed E-state index contributed by atoms with van der Waals surface area (Å²) >= 11 is 0. The number of nitrogens with two attached hydrogens (primary N) is 1. The normalized spacial score (nSPS) is 13.7. The zero-order valence-corrected chi connectivity index (χ0v) is 6.46. The minimum atomic E-state index is -0.819. The van der Waals surface area contributed by atoms with Gasteiger partial charge in [0.25, 0.3) is 0 Å². The fourth-order valence-corrected chi connectivity index (χ4v) is 0.543. The molecule has 0 aliphatic carbocycles. The average Bonchev–Trinajstić information content (AvgIpc) is 1.90. The van der Waals surface area contributed by atoms with Crippen molar-refractivity contribution in [2.24, 2.45) is 5.73 Å². The van der Waals surface area contributed by atoms with Crippen LogP contribution in [0.4, 0.5) is 0 Å². The minimum absolute atomic E-state index is 0.245. The highest BCUT2D eigenvalue weighted by Gasteiger charge is 2.19. The van der Waals surface area contributed by atoms with Crippen LogP contribution in [-0.4, -0.2) is 32.3 Å². The molecule has 0 aromatic carbocycles. The number of methoxy groups -OCH3 is 2. The standard InChI is InChI=1S/C6H13NO3/c1-4(7)5(8)6(9-2)10-3/h4,6H,7H2,1-3H3. The van der Waals surface area contributed by atoms with Crippen LogP contribution in [-0.2, 0) is 14.3 Å². The lowest BCUT2D eigenvalue weighted by molar-refractivity contribution is -0.157. The van der Waals surface area contributed by atoms with E-state index in [2.05, 4.69) is 9.47 Å². The second kappa shape index (κ2) is 4.38. The number of Topliss-reactive ketones (excluding diaryl/α,β-unsaturated/α-hetero) is 1. The van der Waals surface area contributed by atoms with E-state index >= 15 is 0 Å². The Labute approximate surface area is 60.3 Å². The number of hydrogen-bond donors (Lipinski definition) is 1. The van der Waals surface area contributed by atoms with Crippen molar-refractivity contribution >= 4 is 5.78 Å². The molecule has 0 fully saturated rings. The molecule has 1 unspecified atom stereocenters. The van der Waals surface area contributed by atoms with E-state index in [1.165, 1.54) is 14.2 Å². The van der Waals surface area contributed by atoms with Gasteiger partial charge in [0.15, 0.2) is 0 Å². The third-order valence-corrected chi connectivity index (χ3v) is 1.11. The highest BCUT2D eigenvalue weighted by atomic mass is 16.7. The number of ketones is 1. The highest BCUT2D eigenvalue weighted by Crippen LogP contribution is 1.94. The quantitative estimate of drug-likeness (QED) is 0.546. The Morgan fingerprint density at radius 1 is 1.40 bits per heavy atom. The van der Waals surface area contributed by atoms with Crippen molar-refractivity contribution in [2.75, 3.05) is 14.2 Å². The van der Waals surface area contributed by atoms with Crippen LogP contribution in [0.1, 0.15) is 6.92 Å². The molecular formula is C6H13NO3. The van der Waals surface area contributed by atoms with Crippen molar-refractivity contribution in [1.82, 2.24) is 0 Å². The maximum Gasteiger partial charge on any atom is 0.218 e. The Bertz CT molecular complexity index is 110. The maximum atomic E-state index is 10.9. The number of hydrogen-bond acceptors (Lipinski definition) is 4. The average molecular weight is 147 g/mol. The predicted molar refractivity (Wildman–Crippen MR) is 36.5 cm³/mol. The molecule has 4 heteroatoms. The topological polar surface area (TPSA) is 61.5 Å². The molecule has 4 nitrogen and oxygen atoms in total. The van der Waals surface area contributed by atoms with Crippen molar-refractivity contribution < 1.29 is 14.3 Å². The number of carbonyl (C=O) groups excluding carboxylic acids is 1. The largest absolute Gasteiger partial charge is 0.349 e. The molecule has 0 aliphatic heterocycles. The van der Waals surface area contributed by atoms with Gasteiger partial charge in [0.1, 0.15) is 0 Å². The molecule has 0 saturated carbocycles. The van der Waals surface area contributed by atoms with Crippen LogP contribution in [0, 0.1) is 0 Å². The van der Waals surface area contributed by atoms with E-state index in [4.69, 9.17) is 5.73 Å². The summed E-state index contributed by atoms with van der Waals surface area (Å²) in [5.74, 6) is -0.245. The van der Waals surface area contributed by atoms with E-state index in [0.29, 0.717) is 0 Å². The van der Waals surface area contributed by atoms with Gasteiger partial charge in [-0.3, -0.25) is 4.79 Å². The second-order valence-corrected chi connectivity index (χ2v) is 1.99. The Hall–Kier alpha value is -0.450. The van der Waals surface area contributed by atoms with Crippen LogP contribution in [0.3, 0.4) is 0 Å². The fourth-order valence-electron chi connectivity index (χ4n) is 0.543. The van der Waals surface area contributed by atoms with Crippen LogP contribution in [0.2, 0.25) is 0 Å². The lowest BCUT2D eigenvalue weighted by Crippen LogP contribution is -2.38. The van der Waals surface area contributed by atoms with Gasteiger partial charge in [-0.15, -0.1) is 0 Å². The SMILES string of the molecule is COC(OC)C(=O)C(C)N. The number of carbonyl (C=O) groups is 1. The summed E-state index contributed by atoms with van der Waals surface area (Å²) in [6.45, 7) is 1.59. The summed E-state index contributed by atoms with van der Waals surface area (Å²) in [6, 6.07) is -0.537. The van der Waals surface area contributed by atoms with Gasteiger partial charge in [0, 0.05) is 14.2 Å². The summed E-state index contributed by atoms with van der Waals surface area (Å²) < 4.78 is 9.34. The molecule has 0 bridgehead atoms. The van der Waals surface area contributed by atoms with Gasteiger partial charge in [-0.25, -0.2) is 0 Å². The summed E-state index contributed by atoms with van der Waals surface area (Å²) in [4.78, 5) is 10.9. The Kier molecular flexibility index (Phi) is 4.18. The first-order chi connectivity index (χ1) is 4.63. The smallest absolute Gasteiger partial charge is 0.218 e. The van der Waals surface area contributed by atoms with Gasteiger partial charge < -0.3 is 15.2 Å². The van der Waals surface area contributed by atoms with Crippen molar-refractivity contribution in [3.8, 4) is 0 Å². The highest BCUT2D eigenvalue weighted by molar-refractivity contribution is 5.86. The molecule has 0 radical (unpaired) electrons. The zero-order chi connectivity index (χ0) is 8.15. The van der Waals surface area contributed by atoms with Gasteiger partial charge in [0.05, 0.1) is 6.04 Å². The summed E-state index contributed by atoms with van der Waals surface area (Å²) in [7, 11) is 2.79. The van der Waals surface area contributed by atoms with E-state index in [1.807, 2.05) is 0 Å². The Morgan fingerprint density at radius 2 is 1.80 bits per heavy atom. The van der Waals surface area contributed by atoms with Gasteiger partial charge in [-0.1, -0.05) is 0 Å². The molecular weight excluding hydrogens is 134 g/mol. The van der Waals surface area contributed by atoms with Crippen LogP contribution in [0.15, 0.2) is 0 Å². The Balaban J connectivity index is 3.89. The van der Waals surface area contributed by atoms with Crippen LogP contribution < -0.4 is 5.73 Å². The van der Waals surface area contributed by atoms with Crippen LogP contribution >= 0.6 is 0 Å². The third kappa shape index (κ3) is 2.43. The van der Waals surface area contributed by atoms with E-state index in [1.54, 1.807) is 6.92 Å². The monoisotopic (exact) mass is 147 g/mol. The summed E-state index contributed by atoms with van der Waals surface area (Å²) in [5, 5.41) is 0.